The first kappa shape index (κ1) is 16.2. The second-order valence-electron chi connectivity index (χ2n) is 4.69. The fourth-order valence-corrected chi connectivity index (χ4v) is 2.61. The van der Waals surface area contributed by atoms with Gasteiger partial charge in [0.2, 0.25) is 0 Å². The van der Waals surface area contributed by atoms with E-state index in [9.17, 15) is 13.2 Å². The Labute approximate surface area is 122 Å². The monoisotopic (exact) mass is 347 g/mol. The summed E-state index contributed by atoms with van der Waals surface area (Å²) in [6, 6.07) is 5.99. The van der Waals surface area contributed by atoms with Crippen molar-refractivity contribution in [3.63, 3.8) is 0 Å². The number of sulfone groups is 1. The molecule has 0 radical (unpaired) electrons. The van der Waals surface area contributed by atoms with Gasteiger partial charge in [-0.3, -0.25) is 4.79 Å². The standard InChI is InChI=1S/C13H18BrNO3S/c1-9(8-14)10(2)15-13(16)11-4-6-12(7-5-11)19(3,17)18/h4-7,9-10H,8H2,1-3H3,(H,15,16). The van der Waals surface area contributed by atoms with Crippen molar-refractivity contribution in [1.82, 2.24) is 5.32 Å². The summed E-state index contributed by atoms with van der Waals surface area (Å²) in [5, 5.41) is 3.69. The predicted octanol–water partition coefficient (Wildman–Crippen LogP) is 2.24. The van der Waals surface area contributed by atoms with Crippen LogP contribution in [0, 0.1) is 5.92 Å². The molecule has 0 fully saturated rings. The highest BCUT2D eigenvalue weighted by atomic mass is 79.9. The third-order valence-electron chi connectivity index (χ3n) is 3.00. The summed E-state index contributed by atoms with van der Waals surface area (Å²) >= 11 is 3.37. The minimum atomic E-state index is -3.22. The van der Waals surface area contributed by atoms with Crippen LogP contribution < -0.4 is 5.32 Å². The average molecular weight is 348 g/mol. The molecule has 0 aliphatic carbocycles. The van der Waals surface area contributed by atoms with E-state index in [1.807, 2.05) is 13.8 Å². The normalized spacial score (nSPS) is 14.7. The van der Waals surface area contributed by atoms with Crippen molar-refractivity contribution in [3.05, 3.63) is 29.8 Å². The van der Waals surface area contributed by atoms with Crippen LogP contribution in [0.3, 0.4) is 0 Å². The second-order valence-corrected chi connectivity index (χ2v) is 7.35. The second kappa shape index (κ2) is 6.52. The molecule has 0 heterocycles. The lowest BCUT2D eigenvalue weighted by Crippen LogP contribution is -2.37. The van der Waals surface area contributed by atoms with Crippen LogP contribution in [0.4, 0.5) is 0 Å². The van der Waals surface area contributed by atoms with Gasteiger partial charge in [0.1, 0.15) is 0 Å². The first-order chi connectivity index (χ1) is 8.75. The van der Waals surface area contributed by atoms with Gasteiger partial charge in [-0.05, 0) is 37.1 Å². The zero-order valence-corrected chi connectivity index (χ0v) is 13.6. The molecule has 6 heteroatoms. The smallest absolute Gasteiger partial charge is 0.251 e. The number of carbonyl (C=O) groups is 1. The molecule has 2 atom stereocenters. The maximum atomic E-state index is 12.0. The lowest BCUT2D eigenvalue weighted by Gasteiger charge is -2.19. The highest BCUT2D eigenvalue weighted by molar-refractivity contribution is 9.09. The van der Waals surface area contributed by atoms with E-state index in [-0.39, 0.29) is 16.8 Å². The fraction of sp³-hybridized carbons (Fsp3) is 0.462. The van der Waals surface area contributed by atoms with Gasteiger partial charge in [0, 0.05) is 23.2 Å². The average Bonchev–Trinajstić information content (AvgIpc) is 2.36. The SMILES string of the molecule is CC(CBr)C(C)NC(=O)c1ccc(S(C)(=O)=O)cc1. The summed E-state index contributed by atoms with van der Waals surface area (Å²) in [5.41, 5.74) is 0.459. The van der Waals surface area contributed by atoms with Crippen molar-refractivity contribution in [2.24, 2.45) is 5.92 Å². The molecule has 1 rings (SSSR count). The maximum Gasteiger partial charge on any atom is 0.251 e. The summed E-state index contributed by atoms with van der Waals surface area (Å²) in [7, 11) is -3.22. The van der Waals surface area contributed by atoms with E-state index >= 15 is 0 Å². The van der Waals surface area contributed by atoms with Crippen LogP contribution in [0.5, 0.6) is 0 Å². The van der Waals surface area contributed by atoms with Gasteiger partial charge in [-0.1, -0.05) is 22.9 Å². The van der Waals surface area contributed by atoms with Crippen LogP contribution in [0.15, 0.2) is 29.2 Å². The molecule has 0 aliphatic heterocycles. The molecule has 0 saturated carbocycles. The number of halogens is 1. The van der Waals surface area contributed by atoms with Crippen molar-refractivity contribution in [3.8, 4) is 0 Å². The van der Waals surface area contributed by atoms with Crippen molar-refractivity contribution in [2.75, 3.05) is 11.6 Å². The molecule has 1 amide bonds. The molecule has 0 aromatic heterocycles. The Hall–Kier alpha value is -0.880. The van der Waals surface area contributed by atoms with Crippen molar-refractivity contribution >= 4 is 31.7 Å². The van der Waals surface area contributed by atoms with Gasteiger partial charge < -0.3 is 5.32 Å². The molecule has 106 valence electrons. The molecule has 1 N–H and O–H groups in total. The van der Waals surface area contributed by atoms with E-state index < -0.39 is 9.84 Å². The largest absolute Gasteiger partial charge is 0.349 e. The van der Waals surface area contributed by atoms with Gasteiger partial charge in [0.25, 0.3) is 5.91 Å². The number of hydrogen-bond donors (Lipinski definition) is 1. The lowest BCUT2D eigenvalue weighted by atomic mass is 10.1. The van der Waals surface area contributed by atoms with Crippen LogP contribution in [0.2, 0.25) is 0 Å². The van der Waals surface area contributed by atoms with Crippen LogP contribution >= 0.6 is 15.9 Å². The molecule has 19 heavy (non-hydrogen) atoms. The Balaban J connectivity index is 2.79. The zero-order valence-electron chi connectivity index (χ0n) is 11.2. The molecular weight excluding hydrogens is 330 g/mol. The predicted molar refractivity (Wildman–Crippen MR) is 79.4 cm³/mol. The first-order valence-corrected chi connectivity index (χ1v) is 8.94. The van der Waals surface area contributed by atoms with E-state index in [0.29, 0.717) is 11.5 Å². The van der Waals surface area contributed by atoms with Gasteiger partial charge in [0.05, 0.1) is 4.90 Å². The molecule has 0 bridgehead atoms. The number of hydrogen-bond acceptors (Lipinski definition) is 3. The van der Waals surface area contributed by atoms with Crippen LogP contribution in [0.25, 0.3) is 0 Å². The quantitative estimate of drug-likeness (QED) is 0.830. The molecule has 1 aromatic carbocycles. The Morgan fingerprint density at radius 2 is 1.79 bits per heavy atom. The number of carbonyl (C=O) groups excluding carboxylic acids is 1. The molecule has 4 nitrogen and oxygen atoms in total. The highest BCUT2D eigenvalue weighted by Crippen LogP contribution is 2.11. The zero-order chi connectivity index (χ0) is 14.6. The van der Waals surface area contributed by atoms with Gasteiger partial charge in [0.15, 0.2) is 9.84 Å². The van der Waals surface area contributed by atoms with E-state index in [0.717, 1.165) is 11.6 Å². The summed E-state index contributed by atoms with van der Waals surface area (Å²) in [6.45, 7) is 3.97. The Kier molecular flexibility index (Phi) is 5.55. The number of amides is 1. The first-order valence-electron chi connectivity index (χ1n) is 5.92. The van der Waals surface area contributed by atoms with E-state index in [1.54, 1.807) is 0 Å². The van der Waals surface area contributed by atoms with Crippen molar-refractivity contribution in [1.29, 1.82) is 0 Å². The summed E-state index contributed by atoms with van der Waals surface area (Å²) < 4.78 is 22.6. The lowest BCUT2D eigenvalue weighted by molar-refractivity contribution is 0.0931. The molecule has 1 aromatic rings. The van der Waals surface area contributed by atoms with Crippen LogP contribution in [-0.4, -0.2) is 32.0 Å². The Morgan fingerprint density at radius 3 is 2.21 bits per heavy atom. The minimum Gasteiger partial charge on any atom is -0.349 e. The summed E-state index contributed by atoms with van der Waals surface area (Å²) in [4.78, 5) is 12.2. The minimum absolute atomic E-state index is 0.0430. The fourth-order valence-electron chi connectivity index (χ4n) is 1.42. The van der Waals surface area contributed by atoms with Gasteiger partial charge in [-0.2, -0.15) is 0 Å². The van der Waals surface area contributed by atoms with E-state index in [4.69, 9.17) is 0 Å². The molecule has 2 unspecified atom stereocenters. The maximum absolute atomic E-state index is 12.0. The third-order valence-corrected chi connectivity index (χ3v) is 5.15. The van der Waals surface area contributed by atoms with Crippen LogP contribution in [0.1, 0.15) is 24.2 Å². The number of benzene rings is 1. The van der Waals surface area contributed by atoms with Crippen molar-refractivity contribution in [2.45, 2.75) is 24.8 Å². The Morgan fingerprint density at radius 1 is 1.26 bits per heavy atom. The topological polar surface area (TPSA) is 63.2 Å². The van der Waals surface area contributed by atoms with Gasteiger partial charge >= 0.3 is 0 Å². The van der Waals surface area contributed by atoms with Gasteiger partial charge in [-0.25, -0.2) is 8.42 Å². The van der Waals surface area contributed by atoms with Gasteiger partial charge in [-0.15, -0.1) is 0 Å². The molecule has 0 saturated heterocycles. The van der Waals surface area contributed by atoms with Crippen LogP contribution in [-0.2, 0) is 9.84 Å². The highest BCUT2D eigenvalue weighted by Gasteiger charge is 2.15. The third kappa shape index (κ3) is 4.62. The molecule has 0 spiro atoms. The number of nitrogens with one attached hydrogen (secondary N) is 1. The van der Waals surface area contributed by atoms with E-state index in [1.165, 1.54) is 24.3 Å². The summed E-state index contributed by atoms with van der Waals surface area (Å²) in [5.74, 6) is 0.125. The Bertz CT molecular complexity index is 540. The number of rotatable bonds is 5. The van der Waals surface area contributed by atoms with E-state index in [2.05, 4.69) is 21.2 Å². The molecular formula is C13H18BrNO3S. The van der Waals surface area contributed by atoms with Crippen molar-refractivity contribution < 1.29 is 13.2 Å². The molecule has 0 aliphatic rings. The summed E-state index contributed by atoms with van der Waals surface area (Å²) in [6.07, 6.45) is 1.14. The number of alkyl halides is 1.